The van der Waals surface area contributed by atoms with E-state index in [9.17, 15) is 5.11 Å². The second-order valence-electron chi connectivity index (χ2n) is 5.54. The van der Waals surface area contributed by atoms with Gasteiger partial charge in [0.15, 0.2) is 5.82 Å². The van der Waals surface area contributed by atoms with Crippen LogP contribution in [0, 0.1) is 20.8 Å². The van der Waals surface area contributed by atoms with Gasteiger partial charge in [-0.2, -0.15) is 5.10 Å². The van der Waals surface area contributed by atoms with Crippen molar-refractivity contribution in [2.45, 2.75) is 46.8 Å². The summed E-state index contributed by atoms with van der Waals surface area (Å²) < 4.78 is 1.74. The van der Waals surface area contributed by atoms with Gasteiger partial charge in [0.05, 0.1) is 12.1 Å². The molecule has 0 unspecified atom stereocenters. The van der Waals surface area contributed by atoms with Crippen molar-refractivity contribution in [1.29, 1.82) is 0 Å². The van der Waals surface area contributed by atoms with Gasteiger partial charge >= 0.3 is 0 Å². The molecule has 0 aliphatic carbocycles. The number of aromatic nitrogens is 4. The van der Waals surface area contributed by atoms with Gasteiger partial charge in [0, 0.05) is 17.0 Å². The molecule has 1 N–H and O–H groups in total. The summed E-state index contributed by atoms with van der Waals surface area (Å²) in [6.45, 7) is 9.68. The lowest BCUT2D eigenvalue weighted by molar-refractivity contribution is 0.0581. The Labute approximate surface area is 113 Å². The van der Waals surface area contributed by atoms with Crippen LogP contribution < -0.4 is 0 Å². The minimum absolute atomic E-state index is 0.399. The summed E-state index contributed by atoms with van der Waals surface area (Å²) in [4.78, 5) is 8.91. The summed E-state index contributed by atoms with van der Waals surface area (Å²) in [5, 5.41) is 14.3. The second kappa shape index (κ2) is 4.74. The van der Waals surface area contributed by atoms with E-state index in [1.807, 2.05) is 32.9 Å². The van der Waals surface area contributed by atoms with Crippen LogP contribution in [-0.4, -0.2) is 30.5 Å². The fourth-order valence-corrected chi connectivity index (χ4v) is 2.05. The van der Waals surface area contributed by atoms with Crippen molar-refractivity contribution in [2.75, 3.05) is 0 Å². The summed E-state index contributed by atoms with van der Waals surface area (Å²) in [5.74, 6) is 1.45. The Hall–Kier alpha value is -1.75. The molecule has 2 heterocycles. The van der Waals surface area contributed by atoms with Crippen molar-refractivity contribution in [3.63, 3.8) is 0 Å². The second-order valence-corrected chi connectivity index (χ2v) is 5.54. The minimum atomic E-state index is -0.832. The maximum Gasteiger partial charge on any atom is 0.160 e. The van der Waals surface area contributed by atoms with E-state index in [0.29, 0.717) is 12.4 Å². The van der Waals surface area contributed by atoms with Crippen molar-refractivity contribution in [2.24, 2.45) is 0 Å². The highest BCUT2D eigenvalue weighted by Crippen LogP contribution is 2.22. The van der Waals surface area contributed by atoms with E-state index in [0.717, 1.165) is 22.8 Å². The maximum absolute atomic E-state index is 9.96. The monoisotopic (exact) mass is 260 g/mol. The maximum atomic E-state index is 9.96. The van der Waals surface area contributed by atoms with Gasteiger partial charge in [-0.3, -0.25) is 4.98 Å². The Kier molecular flexibility index (Phi) is 3.41. The van der Waals surface area contributed by atoms with E-state index in [-0.39, 0.29) is 0 Å². The lowest BCUT2D eigenvalue weighted by atomic mass is 10.1. The number of aliphatic hydroxyl groups is 1. The first-order valence-corrected chi connectivity index (χ1v) is 6.35. The van der Waals surface area contributed by atoms with Gasteiger partial charge in [-0.15, -0.1) is 0 Å². The highest BCUT2D eigenvalue weighted by atomic mass is 16.3. The van der Waals surface area contributed by atoms with Gasteiger partial charge in [-0.05, 0) is 46.8 Å². The average Bonchev–Trinajstić information content (AvgIpc) is 2.56. The molecule has 0 aliphatic rings. The van der Waals surface area contributed by atoms with Crippen LogP contribution in [-0.2, 0) is 6.54 Å². The predicted molar refractivity (Wildman–Crippen MR) is 73.8 cm³/mol. The number of aryl methyl sites for hydroxylation is 3. The van der Waals surface area contributed by atoms with Crippen LogP contribution in [0.2, 0.25) is 0 Å². The van der Waals surface area contributed by atoms with Crippen LogP contribution in [0.5, 0.6) is 0 Å². The van der Waals surface area contributed by atoms with Crippen molar-refractivity contribution in [3.05, 3.63) is 29.3 Å². The zero-order chi connectivity index (χ0) is 14.2. The lowest BCUT2D eigenvalue weighted by Crippen LogP contribution is -2.27. The molecule has 0 aromatic carbocycles. The highest BCUT2D eigenvalue weighted by Gasteiger charge is 2.19. The standard InChI is InChI=1S/C14H20N4O/c1-9-6-7-12(10(2)15-9)13-16-11(3)17-18(13)8-14(4,5)19/h6-7,19H,8H2,1-5H3. The molecule has 5 nitrogen and oxygen atoms in total. The average molecular weight is 260 g/mol. The molecule has 0 radical (unpaired) electrons. The summed E-state index contributed by atoms with van der Waals surface area (Å²) in [6, 6.07) is 3.96. The smallest absolute Gasteiger partial charge is 0.160 e. The molecule has 0 spiro atoms. The molecule has 0 saturated carbocycles. The van der Waals surface area contributed by atoms with Gasteiger partial charge in [0.2, 0.25) is 0 Å². The molecule has 0 atom stereocenters. The SMILES string of the molecule is Cc1ccc(-c2nc(C)nn2CC(C)(C)O)c(C)n1. The van der Waals surface area contributed by atoms with Crippen LogP contribution in [0.1, 0.15) is 31.1 Å². The molecule has 2 rings (SSSR count). The molecule has 102 valence electrons. The summed E-state index contributed by atoms with van der Waals surface area (Å²) >= 11 is 0. The van der Waals surface area contributed by atoms with Crippen LogP contribution in [0.15, 0.2) is 12.1 Å². The molecular weight excluding hydrogens is 240 g/mol. The highest BCUT2D eigenvalue weighted by molar-refractivity contribution is 5.58. The largest absolute Gasteiger partial charge is 0.389 e. The first-order chi connectivity index (χ1) is 8.76. The number of nitrogens with zero attached hydrogens (tertiary/aromatic N) is 4. The molecule has 2 aromatic rings. The molecule has 0 saturated heterocycles. The van der Waals surface area contributed by atoms with E-state index in [2.05, 4.69) is 15.1 Å². The third-order valence-corrected chi connectivity index (χ3v) is 2.78. The zero-order valence-corrected chi connectivity index (χ0v) is 12.1. The van der Waals surface area contributed by atoms with Crippen LogP contribution >= 0.6 is 0 Å². The molecule has 0 amide bonds. The van der Waals surface area contributed by atoms with Crippen molar-refractivity contribution in [3.8, 4) is 11.4 Å². The first kappa shape index (κ1) is 13.7. The number of hydrogen-bond acceptors (Lipinski definition) is 4. The van der Waals surface area contributed by atoms with Crippen molar-refractivity contribution in [1.82, 2.24) is 19.7 Å². The predicted octanol–water partition coefficient (Wildman–Crippen LogP) is 2.04. The van der Waals surface area contributed by atoms with Gasteiger partial charge < -0.3 is 5.11 Å². The van der Waals surface area contributed by atoms with Crippen LogP contribution in [0.25, 0.3) is 11.4 Å². The summed E-state index contributed by atoms with van der Waals surface area (Å²) in [7, 11) is 0. The zero-order valence-electron chi connectivity index (χ0n) is 12.1. The van der Waals surface area contributed by atoms with Crippen LogP contribution in [0.3, 0.4) is 0 Å². The number of pyridine rings is 1. The Balaban J connectivity index is 2.50. The van der Waals surface area contributed by atoms with Gasteiger partial charge in [-0.1, -0.05) is 0 Å². The Morgan fingerprint density at radius 2 is 1.84 bits per heavy atom. The first-order valence-electron chi connectivity index (χ1n) is 6.35. The molecule has 0 fully saturated rings. The number of hydrogen-bond donors (Lipinski definition) is 1. The van der Waals surface area contributed by atoms with Gasteiger partial charge in [-0.25, -0.2) is 9.67 Å². The van der Waals surface area contributed by atoms with Gasteiger partial charge in [0.1, 0.15) is 5.82 Å². The Morgan fingerprint density at radius 3 is 2.42 bits per heavy atom. The normalized spacial score (nSPS) is 11.9. The van der Waals surface area contributed by atoms with E-state index >= 15 is 0 Å². The van der Waals surface area contributed by atoms with Crippen LogP contribution in [0.4, 0.5) is 0 Å². The molecular formula is C14H20N4O. The topological polar surface area (TPSA) is 63.8 Å². The quantitative estimate of drug-likeness (QED) is 0.917. The van der Waals surface area contributed by atoms with E-state index in [1.54, 1.807) is 18.5 Å². The summed E-state index contributed by atoms with van der Waals surface area (Å²) in [6.07, 6.45) is 0. The number of rotatable bonds is 3. The van der Waals surface area contributed by atoms with Crippen molar-refractivity contribution < 1.29 is 5.11 Å². The third kappa shape index (κ3) is 3.17. The Morgan fingerprint density at radius 1 is 1.16 bits per heavy atom. The summed E-state index contributed by atoms with van der Waals surface area (Å²) in [5.41, 5.74) is 2.02. The molecule has 0 bridgehead atoms. The Bertz CT molecular complexity index is 596. The molecule has 0 aliphatic heterocycles. The lowest BCUT2D eigenvalue weighted by Gasteiger charge is -2.18. The minimum Gasteiger partial charge on any atom is -0.389 e. The third-order valence-electron chi connectivity index (χ3n) is 2.78. The molecule has 5 heteroatoms. The fourth-order valence-electron chi connectivity index (χ4n) is 2.05. The molecule has 2 aromatic heterocycles. The van der Waals surface area contributed by atoms with Crippen molar-refractivity contribution >= 4 is 0 Å². The van der Waals surface area contributed by atoms with E-state index in [4.69, 9.17) is 0 Å². The fraction of sp³-hybridized carbons (Fsp3) is 0.500. The van der Waals surface area contributed by atoms with E-state index < -0.39 is 5.60 Å². The molecule has 19 heavy (non-hydrogen) atoms. The van der Waals surface area contributed by atoms with E-state index in [1.165, 1.54) is 0 Å². The van der Waals surface area contributed by atoms with Gasteiger partial charge in [0.25, 0.3) is 0 Å².